The minimum Gasteiger partial charge on any atom is -0.399 e. The minimum atomic E-state index is -2.16. The Morgan fingerprint density at radius 1 is 1.00 bits per heavy atom. The van der Waals surface area contributed by atoms with Gasteiger partial charge in [0.1, 0.15) is 8.07 Å². The summed E-state index contributed by atoms with van der Waals surface area (Å²) in [5.41, 5.74) is 0. The van der Waals surface area contributed by atoms with Gasteiger partial charge in [-0.15, -0.1) is 0 Å². The quantitative estimate of drug-likeness (QED) is 0.370. The van der Waals surface area contributed by atoms with Crippen molar-refractivity contribution >= 4 is 8.07 Å². The summed E-state index contributed by atoms with van der Waals surface area (Å²) in [6.07, 6.45) is 1.72. The Balaban J connectivity index is 3.68. The molecule has 0 saturated carbocycles. The van der Waals surface area contributed by atoms with Gasteiger partial charge in [-0.25, -0.2) is 0 Å². The van der Waals surface area contributed by atoms with Gasteiger partial charge in [0.15, 0.2) is 0 Å². The lowest BCUT2D eigenvalue weighted by Crippen LogP contribution is -2.48. The molecule has 0 bridgehead atoms. The maximum absolute atomic E-state index is 9.04. The lowest BCUT2D eigenvalue weighted by atomic mass is 10.4. The van der Waals surface area contributed by atoms with Crippen LogP contribution in [0.4, 0.5) is 0 Å². The largest absolute Gasteiger partial charge is 0.399 e. The fourth-order valence-corrected chi connectivity index (χ4v) is 2.91. The molecular formula is C8H20O4Si. The summed E-state index contributed by atoms with van der Waals surface area (Å²) in [6.45, 7) is 0.701. The van der Waals surface area contributed by atoms with Crippen LogP contribution in [0.5, 0.6) is 0 Å². The molecule has 0 aromatic rings. The molecule has 13 heavy (non-hydrogen) atoms. The predicted octanol–water partition coefficient (Wildman–Crippen LogP) is -0.544. The van der Waals surface area contributed by atoms with Gasteiger partial charge < -0.3 is 20.1 Å². The van der Waals surface area contributed by atoms with Crippen LogP contribution in [-0.4, -0.2) is 55.8 Å². The van der Waals surface area contributed by atoms with Crippen LogP contribution in [0.15, 0.2) is 0 Å². The van der Waals surface area contributed by atoms with Gasteiger partial charge in [-0.1, -0.05) is 12.5 Å². The Bertz CT molecular complexity index is 108. The summed E-state index contributed by atoms with van der Waals surface area (Å²) in [4.78, 5) is 0. The summed E-state index contributed by atoms with van der Waals surface area (Å²) in [6, 6.07) is 0.764. The molecule has 80 valence electrons. The standard InChI is InChI=1S/C8H20O4Si/c1-12-4-2-3-5-13(6-9,7-10)8-11/h9-11H,2-8H2,1H3. The summed E-state index contributed by atoms with van der Waals surface area (Å²) in [5, 5.41) is 27.1. The van der Waals surface area contributed by atoms with E-state index in [1.165, 1.54) is 0 Å². The Morgan fingerprint density at radius 2 is 1.54 bits per heavy atom. The zero-order valence-corrected chi connectivity index (χ0v) is 9.20. The first-order valence-corrected chi connectivity index (χ1v) is 7.39. The first-order chi connectivity index (χ1) is 6.24. The van der Waals surface area contributed by atoms with Crippen molar-refractivity contribution in [2.24, 2.45) is 0 Å². The van der Waals surface area contributed by atoms with E-state index in [1.54, 1.807) is 7.11 Å². The van der Waals surface area contributed by atoms with E-state index in [0.717, 1.165) is 18.9 Å². The SMILES string of the molecule is COCCCC[Si](CO)(CO)CO. The Hall–Kier alpha value is 0.0569. The van der Waals surface area contributed by atoms with Crippen LogP contribution in [0.1, 0.15) is 12.8 Å². The monoisotopic (exact) mass is 208 g/mol. The van der Waals surface area contributed by atoms with Crippen molar-refractivity contribution in [1.29, 1.82) is 0 Å². The fourth-order valence-electron chi connectivity index (χ4n) is 1.13. The molecule has 0 atom stereocenters. The number of rotatable bonds is 8. The molecule has 0 spiro atoms. The number of unbranched alkanes of at least 4 members (excludes halogenated alkanes) is 1. The molecule has 0 aromatic carbocycles. The smallest absolute Gasteiger partial charge is 0.139 e. The molecule has 0 unspecified atom stereocenters. The zero-order valence-electron chi connectivity index (χ0n) is 8.20. The number of ether oxygens (including phenoxy) is 1. The molecule has 0 heterocycles. The summed E-state index contributed by atoms with van der Waals surface area (Å²) >= 11 is 0. The third-order valence-corrected chi connectivity index (χ3v) is 5.74. The van der Waals surface area contributed by atoms with Gasteiger partial charge in [0.2, 0.25) is 0 Å². The Kier molecular flexibility index (Phi) is 7.49. The van der Waals surface area contributed by atoms with Gasteiger partial charge >= 0.3 is 0 Å². The van der Waals surface area contributed by atoms with Crippen LogP contribution in [0.2, 0.25) is 6.04 Å². The van der Waals surface area contributed by atoms with Crippen molar-refractivity contribution in [3.63, 3.8) is 0 Å². The van der Waals surface area contributed by atoms with E-state index in [9.17, 15) is 0 Å². The highest BCUT2D eigenvalue weighted by Crippen LogP contribution is 2.12. The molecule has 4 nitrogen and oxygen atoms in total. The second kappa shape index (κ2) is 7.46. The van der Waals surface area contributed by atoms with E-state index in [-0.39, 0.29) is 18.7 Å². The summed E-state index contributed by atoms with van der Waals surface area (Å²) < 4.78 is 4.89. The van der Waals surface area contributed by atoms with Crippen molar-refractivity contribution in [3.05, 3.63) is 0 Å². The van der Waals surface area contributed by atoms with Gasteiger partial charge in [0, 0.05) is 32.4 Å². The van der Waals surface area contributed by atoms with Gasteiger partial charge in [-0.3, -0.25) is 0 Å². The average molecular weight is 208 g/mol. The highest BCUT2D eigenvalue weighted by atomic mass is 28.3. The van der Waals surface area contributed by atoms with Crippen molar-refractivity contribution in [2.75, 3.05) is 32.4 Å². The zero-order chi connectivity index (χ0) is 10.2. The third-order valence-electron chi connectivity index (χ3n) is 2.31. The molecule has 0 aliphatic carbocycles. The van der Waals surface area contributed by atoms with Crippen molar-refractivity contribution in [3.8, 4) is 0 Å². The molecule has 0 aliphatic rings. The first-order valence-electron chi connectivity index (χ1n) is 4.56. The van der Waals surface area contributed by atoms with Crippen LogP contribution in [-0.2, 0) is 4.74 Å². The summed E-state index contributed by atoms with van der Waals surface area (Å²) in [5.74, 6) is 0. The van der Waals surface area contributed by atoms with E-state index in [2.05, 4.69) is 0 Å². The van der Waals surface area contributed by atoms with Gasteiger partial charge in [0.25, 0.3) is 0 Å². The molecule has 0 fully saturated rings. The Morgan fingerprint density at radius 3 is 1.92 bits per heavy atom. The Labute approximate surface area is 80.2 Å². The topological polar surface area (TPSA) is 69.9 Å². The van der Waals surface area contributed by atoms with Crippen molar-refractivity contribution in [1.82, 2.24) is 0 Å². The fraction of sp³-hybridized carbons (Fsp3) is 1.00. The highest BCUT2D eigenvalue weighted by Gasteiger charge is 2.30. The van der Waals surface area contributed by atoms with Crippen LogP contribution in [0, 0.1) is 0 Å². The predicted molar refractivity (Wildman–Crippen MR) is 52.9 cm³/mol. The van der Waals surface area contributed by atoms with Gasteiger partial charge in [-0.05, 0) is 6.42 Å². The number of hydrogen-bond donors (Lipinski definition) is 3. The third kappa shape index (κ3) is 4.73. The van der Waals surface area contributed by atoms with Crippen LogP contribution >= 0.6 is 0 Å². The molecule has 0 aromatic heterocycles. The molecule has 0 aliphatic heterocycles. The van der Waals surface area contributed by atoms with Gasteiger partial charge in [-0.2, -0.15) is 0 Å². The summed E-state index contributed by atoms with van der Waals surface area (Å²) in [7, 11) is -0.509. The second-order valence-corrected chi connectivity index (χ2v) is 7.87. The lowest BCUT2D eigenvalue weighted by molar-refractivity contribution is 0.193. The molecule has 0 saturated heterocycles. The maximum Gasteiger partial charge on any atom is 0.139 e. The maximum atomic E-state index is 9.04. The second-order valence-electron chi connectivity index (χ2n) is 3.42. The molecular weight excluding hydrogens is 188 g/mol. The van der Waals surface area contributed by atoms with Crippen LogP contribution in [0.3, 0.4) is 0 Å². The molecule has 0 amide bonds. The van der Waals surface area contributed by atoms with Crippen molar-refractivity contribution in [2.45, 2.75) is 18.9 Å². The van der Waals surface area contributed by atoms with E-state index in [0.29, 0.717) is 6.61 Å². The number of hydrogen-bond acceptors (Lipinski definition) is 4. The average Bonchev–Trinajstić information content (AvgIpc) is 2.20. The van der Waals surface area contributed by atoms with Crippen LogP contribution in [0.25, 0.3) is 0 Å². The molecule has 5 heteroatoms. The van der Waals surface area contributed by atoms with E-state index in [1.807, 2.05) is 0 Å². The lowest BCUT2D eigenvalue weighted by Gasteiger charge is -2.24. The normalized spacial score (nSPS) is 12.0. The first kappa shape index (κ1) is 13.1. The van der Waals surface area contributed by atoms with E-state index in [4.69, 9.17) is 20.1 Å². The minimum absolute atomic E-state index is 0.0347. The number of aliphatic hydroxyl groups is 3. The molecule has 0 rings (SSSR count). The van der Waals surface area contributed by atoms with Gasteiger partial charge in [0.05, 0.1) is 0 Å². The number of aliphatic hydroxyl groups excluding tert-OH is 3. The highest BCUT2D eigenvalue weighted by molar-refractivity contribution is 6.79. The van der Waals surface area contributed by atoms with Crippen molar-refractivity contribution < 1.29 is 20.1 Å². The van der Waals surface area contributed by atoms with E-state index < -0.39 is 8.07 Å². The van der Waals surface area contributed by atoms with Crippen LogP contribution < -0.4 is 0 Å². The number of methoxy groups -OCH3 is 1. The molecule has 3 N–H and O–H groups in total. The molecule has 0 radical (unpaired) electrons. The van der Waals surface area contributed by atoms with E-state index >= 15 is 0 Å².